The van der Waals surface area contributed by atoms with E-state index in [1.54, 1.807) is 38.2 Å². The van der Waals surface area contributed by atoms with Crippen LogP contribution >= 0.6 is 0 Å². The zero-order valence-electron chi connectivity index (χ0n) is 16.3. The van der Waals surface area contributed by atoms with Crippen LogP contribution in [0.5, 0.6) is 11.5 Å². The first kappa shape index (κ1) is 19.5. The second kappa shape index (κ2) is 8.65. The van der Waals surface area contributed by atoms with Crippen LogP contribution in [0.3, 0.4) is 0 Å². The molecule has 1 unspecified atom stereocenters. The Morgan fingerprint density at radius 2 is 1.68 bits per heavy atom. The van der Waals surface area contributed by atoms with Crippen LogP contribution < -0.4 is 20.1 Å². The first-order chi connectivity index (χ1) is 13.5. The van der Waals surface area contributed by atoms with Crippen LogP contribution in [-0.4, -0.2) is 43.6 Å². The number of hydrogen-bond donors (Lipinski definition) is 2. The van der Waals surface area contributed by atoms with Crippen molar-refractivity contribution >= 4 is 17.6 Å². The molecule has 1 heterocycles. The number of amides is 3. The number of carbonyl (C=O) groups excluding carboxylic acids is 2. The summed E-state index contributed by atoms with van der Waals surface area (Å²) in [6.07, 6.45) is 0.716. The molecule has 1 aliphatic rings. The Morgan fingerprint density at radius 1 is 1.04 bits per heavy atom. The first-order valence-electron chi connectivity index (χ1n) is 9.17. The number of rotatable bonds is 5. The van der Waals surface area contributed by atoms with Gasteiger partial charge in [-0.15, -0.1) is 0 Å². The van der Waals surface area contributed by atoms with Crippen molar-refractivity contribution in [2.24, 2.45) is 0 Å². The van der Waals surface area contributed by atoms with Gasteiger partial charge in [-0.3, -0.25) is 4.79 Å². The molecule has 0 saturated heterocycles. The lowest BCUT2D eigenvalue weighted by Crippen LogP contribution is -2.49. The van der Waals surface area contributed by atoms with Crippen molar-refractivity contribution < 1.29 is 19.1 Å². The number of nitrogens with one attached hydrogen (secondary N) is 2. The third-order valence-corrected chi connectivity index (χ3v) is 4.78. The minimum absolute atomic E-state index is 0.261. The zero-order valence-corrected chi connectivity index (χ0v) is 16.3. The van der Waals surface area contributed by atoms with Gasteiger partial charge in [-0.2, -0.15) is 0 Å². The van der Waals surface area contributed by atoms with E-state index >= 15 is 0 Å². The summed E-state index contributed by atoms with van der Waals surface area (Å²) in [7, 11) is 3.19. The smallest absolute Gasteiger partial charge is 0.318 e. The summed E-state index contributed by atoms with van der Waals surface area (Å²) < 4.78 is 10.7. The fourth-order valence-corrected chi connectivity index (χ4v) is 3.17. The maximum absolute atomic E-state index is 12.6. The lowest BCUT2D eigenvalue weighted by atomic mass is 9.99. The van der Waals surface area contributed by atoms with E-state index in [9.17, 15) is 9.59 Å². The largest absolute Gasteiger partial charge is 0.493 e. The highest BCUT2D eigenvalue weighted by Gasteiger charge is 2.25. The van der Waals surface area contributed by atoms with Crippen LogP contribution in [0.25, 0.3) is 0 Å². The summed E-state index contributed by atoms with van der Waals surface area (Å²) in [6, 6.07) is 12.1. The number of nitrogens with zero attached hydrogens (tertiary/aromatic N) is 1. The standard InChI is InChI=1S/C21H25N3O4/c1-14(20(25)23-17-7-5-4-6-8-17)22-21(26)24-10-9-15-11-18(27-2)19(28-3)12-16(15)13-24/h4-8,11-12,14H,9-10,13H2,1-3H3,(H,22,26)(H,23,25). The van der Waals surface area contributed by atoms with Gasteiger partial charge in [-0.05, 0) is 48.7 Å². The number of methoxy groups -OCH3 is 2. The minimum atomic E-state index is -0.653. The molecule has 7 nitrogen and oxygen atoms in total. The monoisotopic (exact) mass is 383 g/mol. The van der Waals surface area contributed by atoms with Crippen LogP contribution in [-0.2, 0) is 17.8 Å². The molecule has 148 valence electrons. The summed E-state index contributed by atoms with van der Waals surface area (Å²) in [4.78, 5) is 26.6. The molecule has 0 saturated carbocycles. The number of benzene rings is 2. The Hall–Kier alpha value is -3.22. The van der Waals surface area contributed by atoms with E-state index in [1.165, 1.54) is 0 Å². The maximum Gasteiger partial charge on any atom is 0.318 e. The fraction of sp³-hybridized carbons (Fsp3) is 0.333. The minimum Gasteiger partial charge on any atom is -0.493 e. The number of hydrogen-bond acceptors (Lipinski definition) is 4. The van der Waals surface area contributed by atoms with Crippen LogP contribution in [0.4, 0.5) is 10.5 Å². The van der Waals surface area contributed by atoms with Gasteiger partial charge in [-0.1, -0.05) is 18.2 Å². The van der Waals surface area contributed by atoms with Crippen molar-refractivity contribution in [3.8, 4) is 11.5 Å². The number of ether oxygens (including phenoxy) is 2. The number of para-hydroxylation sites is 1. The summed E-state index contributed by atoms with van der Waals surface area (Å²) in [5, 5.41) is 5.56. The Kier molecular flexibility index (Phi) is 6.03. The van der Waals surface area contributed by atoms with E-state index in [0.717, 1.165) is 11.1 Å². The Labute approximate surface area is 164 Å². The molecule has 7 heteroatoms. The maximum atomic E-state index is 12.6. The van der Waals surface area contributed by atoms with Gasteiger partial charge in [0.15, 0.2) is 11.5 Å². The van der Waals surface area contributed by atoms with Crippen molar-refractivity contribution in [3.63, 3.8) is 0 Å². The van der Waals surface area contributed by atoms with Gasteiger partial charge in [0.05, 0.1) is 14.2 Å². The first-order valence-corrected chi connectivity index (χ1v) is 9.17. The SMILES string of the molecule is COc1cc2c(cc1OC)CN(C(=O)NC(C)C(=O)Nc1ccccc1)CC2. The van der Waals surface area contributed by atoms with Crippen molar-refractivity contribution in [1.29, 1.82) is 0 Å². The fourth-order valence-electron chi connectivity index (χ4n) is 3.17. The highest BCUT2D eigenvalue weighted by Crippen LogP contribution is 2.33. The van der Waals surface area contributed by atoms with E-state index in [-0.39, 0.29) is 11.9 Å². The van der Waals surface area contributed by atoms with Crippen LogP contribution in [0.1, 0.15) is 18.1 Å². The Morgan fingerprint density at radius 3 is 2.32 bits per heavy atom. The van der Waals surface area contributed by atoms with Crippen LogP contribution in [0.15, 0.2) is 42.5 Å². The molecule has 3 amide bonds. The van der Waals surface area contributed by atoms with Crippen LogP contribution in [0, 0.1) is 0 Å². The molecular weight excluding hydrogens is 358 g/mol. The summed E-state index contributed by atoms with van der Waals surface area (Å²) in [5.74, 6) is 1.06. The molecule has 2 N–H and O–H groups in total. The van der Waals surface area contributed by atoms with Gasteiger partial charge < -0.3 is 25.0 Å². The third-order valence-electron chi connectivity index (χ3n) is 4.78. The number of urea groups is 1. The molecule has 0 fully saturated rings. The Bertz CT molecular complexity index is 854. The normalized spacial score (nSPS) is 13.9. The van der Waals surface area contributed by atoms with Gasteiger partial charge in [-0.25, -0.2) is 4.79 Å². The zero-order chi connectivity index (χ0) is 20.1. The number of anilines is 1. The molecular formula is C21H25N3O4. The van der Waals surface area contributed by atoms with Gasteiger partial charge in [0.2, 0.25) is 5.91 Å². The van der Waals surface area contributed by atoms with Gasteiger partial charge in [0, 0.05) is 18.8 Å². The Balaban J connectivity index is 1.62. The van der Waals surface area contributed by atoms with Gasteiger partial charge in [0.1, 0.15) is 6.04 Å². The molecule has 1 atom stereocenters. The number of carbonyl (C=O) groups is 2. The third kappa shape index (κ3) is 4.36. The molecule has 0 bridgehead atoms. The average Bonchev–Trinajstić information content (AvgIpc) is 2.72. The molecule has 0 spiro atoms. The summed E-state index contributed by atoms with van der Waals surface area (Å²) >= 11 is 0. The van der Waals surface area contributed by atoms with Crippen LogP contribution in [0.2, 0.25) is 0 Å². The van der Waals surface area contributed by atoms with Crippen molar-refractivity contribution in [2.45, 2.75) is 25.9 Å². The van der Waals surface area contributed by atoms with E-state index < -0.39 is 6.04 Å². The predicted molar refractivity (Wildman–Crippen MR) is 107 cm³/mol. The predicted octanol–water partition coefficient (Wildman–Crippen LogP) is 2.80. The van der Waals surface area contributed by atoms with Crippen molar-refractivity contribution in [3.05, 3.63) is 53.6 Å². The average molecular weight is 383 g/mol. The van der Waals surface area contributed by atoms with Crippen molar-refractivity contribution in [2.75, 3.05) is 26.1 Å². The lowest BCUT2D eigenvalue weighted by molar-refractivity contribution is -0.117. The van der Waals surface area contributed by atoms with Gasteiger partial charge in [0.25, 0.3) is 0 Å². The van der Waals surface area contributed by atoms with E-state index in [4.69, 9.17) is 9.47 Å². The van der Waals surface area contributed by atoms with E-state index in [0.29, 0.717) is 36.7 Å². The number of fused-ring (bicyclic) bond motifs is 1. The van der Waals surface area contributed by atoms with Gasteiger partial charge >= 0.3 is 6.03 Å². The second-order valence-corrected chi connectivity index (χ2v) is 6.67. The molecule has 2 aromatic carbocycles. The molecule has 2 aromatic rings. The van der Waals surface area contributed by atoms with Crippen molar-refractivity contribution in [1.82, 2.24) is 10.2 Å². The topological polar surface area (TPSA) is 79.9 Å². The van der Waals surface area contributed by atoms with E-state index in [2.05, 4.69) is 10.6 Å². The molecule has 1 aliphatic heterocycles. The molecule has 0 aliphatic carbocycles. The summed E-state index contributed by atoms with van der Waals surface area (Å²) in [5.41, 5.74) is 2.85. The van der Waals surface area contributed by atoms with E-state index in [1.807, 2.05) is 30.3 Å². The molecule has 3 rings (SSSR count). The highest BCUT2D eigenvalue weighted by molar-refractivity contribution is 5.96. The summed E-state index contributed by atoms with van der Waals surface area (Å²) in [6.45, 7) is 2.69. The lowest BCUT2D eigenvalue weighted by Gasteiger charge is -2.30. The highest BCUT2D eigenvalue weighted by atomic mass is 16.5. The molecule has 0 radical (unpaired) electrons. The molecule has 0 aromatic heterocycles. The second-order valence-electron chi connectivity index (χ2n) is 6.67. The molecule has 28 heavy (non-hydrogen) atoms. The quantitative estimate of drug-likeness (QED) is 0.832.